The first kappa shape index (κ1) is 18.2. The van der Waals surface area contributed by atoms with E-state index in [1.807, 2.05) is 6.92 Å². The van der Waals surface area contributed by atoms with Gasteiger partial charge in [-0.05, 0) is 37.9 Å². The normalized spacial score (nSPS) is 13.7. The largest absolute Gasteiger partial charge is 0.466 e. The van der Waals surface area contributed by atoms with Gasteiger partial charge < -0.3 is 9.16 Å². The highest BCUT2D eigenvalue weighted by molar-refractivity contribution is 6.74. The molecule has 0 spiro atoms. The van der Waals surface area contributed by atoms with Crippen molar-refractivity contribution in [1.29, 1.82) is 0 Å². The Kier molecular flexibility index (Phi) is 7.39. The Labute approximate surface area is 119 Å². The van der Waals surface area contributed by atoms with E-state index in [2.05, 4.69) is 39.8 Å². The minimum absolute atomic E-state index is 0.142. The van der Waals surface area contributed by atoms with Gasteiger partial charge in [-0.25, -0.2) is 0 Å². The first-order chi connectivity index (χ1) is 8.64. The van der Waals surface area contributed by atoms with Gasteiger partial charge in [0.25, 0.3) is 0 Å². The zero-order valence-corrected chi connectivity index (χ0v) is 14.2. The second kappa shape index (κ2) is 7.71. The van der Waals surface area contributed by atoms with E-state index < -0.39 is 8.32 Å². The lowest BCUT2D eigenvalue weighted by atomic mass is 10.1. The molecular formula is C15H28O3Si. The summed E-state index contributed by atoms with van der Waals surface area (Å²) in [5.41, 5.74) is 0. The lowest BCUT2D eigenvalue weighted by Gasteiger charge is -2.38. The number of carbonyl (C=O) groups is 1. The summed E-state index contributed by atoms with van der Waals surface area (Å²) in [5.74, 6) is 2.53. The number of rotatable bonds is 7. The molecular weight excluding hydrogens is 256 g/mol. The standard InChI is InChI=1S/C15H28O3Si/c1-8-13(11-10-12-14(16)17-9-2)18-19(6,7)15(3,4)5/h1,13H,9-12H2,2-7H3/t13-/m1/s1. The van der Waals surface area contributed by atoms with Gasteiger partial charge in [0.05, 0.1) is 6.61 Å². The Morgan fingerprint density at radius 1 is 1.37 bits per heavy atom. The van der Waals surface area contributed by atoms with Crippen LogP contribution < -0.4 is 0 Å². The quantitative estimate of drug-likeness (QED) is 0.406. The molecule has 0 amide bonds. The lowest BCUT2D eigenvalue weighted by molar-refractivity contribution is -0.143. The smallest absolute Gasteiger partial charge is 0.305 e. The summed E-state index contributed by atoms with van der Waals surface area (Å²) in [6, 6.07) is 0. The van der Waals surface area contributed by atoms with Gasteiger partial charge in [0, 0.05) is 6.42 Å². The molecule has 0 rings (SSSR count). The molecule has 0 aliphatic heterocycles. The molecule has 0 aromatic rings. The van der Waals surface area contributed by atoms with Gasteiger partial charge in [-0.15, -0.1) is 6.42 Å². The predicted octanol–water partition coefficient (Wildman–Crippen LogP) is 3.74. The molecule has 0 heterocycles. The predicted molar refractivity (Wildman–Crippen MR) is 81.4 cm³/mol. The molecule has 0 radical (unpaired) electrons. The van der Waals surface area contributed by atoms with E-state index in [9.17, 15) is 4.79 Å². The van der Waals surface area contributed by atoms with Crippen molar-refractivity contribution in [2.75, 3.05) is 6.61 Å². The van der Waals surface area contributed by atoms with E-state index >= 15 is 0 Å². The SMILES string of the molecule is C#C[C@H](CCCC(=O)OCC)O[Si](C)(C)C(C)(C)C. The van der Waals surface area contributed by atoms with Crippen molar-refractivity contribution < 1.29 is 14.0 Å². The van der Waals surface area contributed by atoms with Crippen LogP contribution in [0.1, 0.15) is 47.0 Å². The summed E-state index contributed by atoms with van der Waals surface area (Å²) in [7, 11) is -1.84. The third kappa shape index (κ3) is 6.79. The molecule has 0 saturated carbocycles. The summed E-state index contributed by atoms with van der Waals surface area (Å²) < 4.78 is 11.0. The zero-order valence-electron chi connectivity index (χ0n) is 13.2. The van der Waals surface area contributed by atoms with E-state index in [-0.39, 0.29) is 17.1 Å². The van der Waals surface area contributed by atoms with Crippen LogP contribution in [0, 0.1) is 12.3 Å². The van der Waals surface area contributed by atoms with Crippen molar-refractivity contribution in [2.45, 2.75) is 71.2 Å². The van der Waals surface area contributed by atoms with E-state index in [0.717, 1.165) is 0 Å². The summed E-state index contributed by atoms with van der Waals surface area (Å²) in [6.07, 6.45) is 7.16. The van der Waals surface area contributed by atoms with Gasteiger partial charge in [-0.2, -0.15) is 0 Å². The van der Waals surface area contributed by atoms with Gasteiger partial charge in [0.15, 0.2) is 8.32 Å². The fraction of sp³-hybridized carbons (Fsp3) is 0.800. The van der Waals surface area contributed by atoms with Crippen LogP contribution in [0.25, 0.3) is 0 Å². The molecule has 0 saturated heterocycles. The number of terminal acetylenes is 1. The maximum absolute atomic E-state index is 11.3. The summed E-state index contributed by atoms with van der Waals surface area (Å²) >= 11 is 0. The molecule has 4 heteroatoms. The maximum atomic E-state index is 11.3. The van der Waals surface area contributed by atoms with Crippen LogP contribution >= 0.6 is 0 Å². The van der Waals surface area contributed by atoms with E-state index in [0.29, 0.717) is 25.9 Å². The van der Waals surface area contributed by atoms with Crippen molar-refractivity contribution >= 4 is 14.3 Å². The summed E-state index contributed by atoms with van der Waals surface area (Å²) in [5, 5.41) is 0.142. The van der Waals surface area contributed by atoms with Crippen LogP contribution in [0.5, 0.6) is 0 Å². The highest BCUT2D eigenvalue weighted by Crippen LogP contribution is 2.37. The van der Waals surface area contributed by atoms with Crippen molar-refractivity contribution in [3.05, 3.63) is 0 Å². The van der Waals surface area contributed by atoms with Crippen LogP contribution in [0.3, 0.4) is 0 Å². The summed E-state index contributed by atoms with van der Waals surface area (Å²) in [6.45, 7) is 13.2. The minimum Gasteiger partial charge on any atom is -0.466 e. The average Bonchev–Trinajstić information content (AvgIpc) is 2.26. The van der Waals surface area contributed by atoms with Gasteiger partial charge in [0.2, 0.25) is 0 Å². The Bertz CT molecular complexity index is 323. The Morgan fingerprint density at radius 2 is 1.95 bits per heavy atom. The molecule has 0 fully saturated rings. The number of ether oxygens (including phenoxy) is 1. The average molecular weight is 284 g/mol. The van der Waals surface area contributed by atoms with Crippen LogP contribution in [0.15, 0.2) is 0 Å². The van der Waals surface area contributed by atoms with Crippen LogP contribution in [0.4, 0.5) is 0 Å². The molecule has 110 valence electrons. The Balaban J connectivity index is 4.25. The second-order valence-corrected chi connectivity index (χ2v) is 11.0. The molecule has 1 atom stereocenters. The molecule has 19 heavy (non-hydrogen) atoms. The van der Waals surface area contributed by atoms with Crippen LogP contribution in [0.2, 0.25) is 18.1 Å². The van der Waals surface area contributed by atoms with Crippen molar-refractivity contribution in [3.8, 4) is 12.3 Å². The van der Waals surface area contributed by atoms with Crippen LogP contribution in [-0.2, 0) is 14.0 Å². The summed E-state index contributed by atoms with van der Waals surface area (Å²) in [4.78, 5) is 11.3. The maximum Gasteiger partial charge on any atom is 0.305 e. The van der Waals surface area contributed by atoms with E-state index in [1.165, 1.54) is 0 Å². The number of hydrogen-bond acceptors (Lipinski definition) is 3. The third-order valence-electron chi connectivity index (χ3n) is 3.58. The molecule has 3 nitrogen and oxygen atoms in total. The van der Waals surface area contributed by atoms with Crippen LogP contribution in [-0.4, -0.2) is 27.0 Å². The third-order valence-corrected chi connectivity index (χ3v) is 8.07. The second-order valence-electron chi connectivity index (χ2n) is 6.23. The lowest BCUT2D eigenvalue weighted by Crippen LogP contribution is -2.43. The molecule has 0 aromatic carbocycles. The van der Waals surface area contributed by atoms with Crippen molar-refractivity contribution in [3.63, 3.8) is 0 Å². The topological polar surface area (TPSA) is 35.5 Å². The zero-order chi connectivity index (χ0) is 15.1. The Hall–Kier alpha value is -0.793. The number of carbonyl (C=O) groups excluding carboxylic acids is 1. The van der Waals surface area contributed by atoms with E-state index in [4.69, 9.17) is 15.6 Å². The molecule has 0 N–H and O–H groups in total. The first-order valence-electron chi connectivity index (χ1n) is 6.93. The fourth-order valence-corrected chi connectivity index (χ4v) is 2.62. The van der Waals surface area contributed by atoms with Crippen molar-refractivity contribution in [1.82, 2.24) is 0 Å². The first-order valence-corrected chi connectivity index (χ1v) is 9.84. The molecule has 0 aliphatic rings. The molecule has 0 bridgehead atoms. The van der Waals surface area contributed by atoms with Gasteiger partial charge in [-0.3, -0.25) is 4.79 Å². The Morgan fingerprint density at radius 3 is 2.37 bits per heavy atom. The minimum atomic E-state index is -1.84. The highest BCUT2D eigenvalue weighted by atomic mass is 28.4. The van der Waals surface area contributed by atoms with Gasteiger partial charge in [-0.1, -0.05) is 26.7 Å². The van der Waals surface area contributed by atoms with E-state index in [1.54, 1.807) is 0 Å². The number of esters is 1. The molecule has 0 unspecified atom stereocenters. The molecule has 0 aromatic heterocycles. The van der Waals surface area contributed by atoms with Crippen molar-refractivity contribution in [2.24, 2.45) is 0 Å². The highest BCUT2D eigenvalue weighted by Gasteiger charge is 2.38. The fourth-order valence-electron chi connectivity index (χ4n) is 1.37. The monoisotopic (exact) mass is 284 g/mol. The molecule has 0 aliphatic carbocycles. The number of hydrogen-bond donors (Lipinski definition) is 0. The van der Waals surface area contributed by atoms with Gasteiger partial charge >= 0.3 is 5.97 Å². The van der Waals surface area contributed by atoms with Gasteiger partial charge in [0.1, 0.15) is 6.10 Å².